The molecule has 0 spiro atoms. The van der Waals surface area contributed by atoms with Crippen molar-refractivity contribution in [2.75, 3.05) is 11.9 Å². The van der Waals surface area contributed by atoms with Crippen molar-refractivity contribution >= 4 is 52.7 Å². The number of hydrogen-bond donors (Lipinski definition) is 2. The highest BCUT2D eigenvalue weighted by Crippen LogP contribution is 2.25. The van der Waals surface area contributed by atoms with E-state index in [0.717, 1.165) is 4.90 Å². The van der Waals surface area contributed by atoms with Crippen molar-refractivity contribution in [2.45, 2.75) is 38.8 Å². The molecule has 1 aliphatic rings. The Hall–Kier alpha value is -2.32. The average Bonchev–Trinajstić information content (AvgIpc) is 2.81. The van der Waals surface area contributed by atoms with Crippen molar-refractivity contribution in [3.8, 4) is 0 Å². The number of imide groups is 1. The fourth-order valence-electron chi connectivity index (χ4n) is 2.37. The van der Waals surface area contributed by atoms with Gasteiger partial charge in [0.15, 0.2) is 6.10 Å². The average molecular weight is 416 g/mol. The molecule has 4 amide bonds. The minimum atomic E-state index is -1.16. The number of anilines is 1. The van der Waals surface area contributed by atoms with Gasteiger partial charge >= 0.3 is 12.0 Å². The van der Waals surface area contributed by atoms with E-state index < -0.39 is 42.0 Å². The van der Waals surface area contributed by atoms with Crippen LogP contribution >= 0.6 is 23.2 Å². The second-order valence-electron chi connectivity index (χ2n) is 6.25. The molecule has 2 rings (SSSR count). The van der Waals surface area contributed by atoms with Gasteiger partial charge in [0, 0.05) is 5.02 Å². The first-order valence-corrected chi connectivity index (χ1v) is 8.92. The van der Waals surface area contributed by atoms with Gasteiger partial charge < -0.3 is 15.4 Å². The molecule has 0 aliphatic carbocycles. The molecule has 2 atom stereocenters. The number of halogens is 2. The van der Waals surface area contributed by atoms with Gasteiger partial charge in [-0.05, 0) is 38.5 Å². The highest BCUT2D eigenvalue weighted by molar-refractivity contribution is 6.36. The first kappa shape index (κ1) is 21.0. The Morgan fingerprint density at radius 3 is 2.56 bits per heavy atom. The highest BCUT2D eigenvalue weighted by atomic mass is 35.5. The third-order valence-electron chi connectivity index (χ3n) is 4.21. The van der Waals surface area contributed by atoms with E-state index in [2.05, 4.69) is 10.6 Å². The minimum absolute atomic E-state index is 0.229. The summed E-state index contributed by atoms with van der Waals surface area (Å²) in [4.78, 5) is 49.1. The van der Waals surface area contributed by atoms with Gasteiger partial charge in [-0.25, -0.2) is 4.79 Å². The van der Waals surface area contributed by atoms with Crippen LogP contribution in [0.3, 0.4) is 0 Å². The Balaban J connectivity index is 1.94. The van der Waals surface area contributed by atoms with E-state index in [1.165, 1.54) is 19.1 Å². The number of benzene rings is 1. The number of carbonyl (C=O) groups excluding carboxylic acids is 4. The fourth-order valence-corrected chi connectivity index (χ4v) is 2.83. The Labute approximate surface area is 166 Å². The molecule has 1 aromatic rings. The Kier molecular flexibility index (Phi) is 6.33. The minimum Gasteiger partial charge on any atom is -0.451 e. The van der Waals surface area contributed by atoms with Crippen LogP contribution < -0.4 is 10.6 Å². The summed E-state index contributed by atoms with van der Waals surface area (Å²) in [6, 6.07) is 3.83. The van der Waals surface area contributed by atoms with Crippen LogP contribution in [-0.2, 0) is 19.1 Å². The summed E-state index contributed by atoms with van der Waals surface area (Å²) in [5, 5.41) is 5.68. The molecule has 1 saturated heterocycles. The summed E-state index contributed by atoms with van der Waals surface area (Å²) in [7, 11) is 0. The summed E-state index contributed by atoms with van der Waals surface area (Å²) >= 11 is 11.8. The van der Waals surface area contributed by atoms with Crippen LogP contribution in [0.2, 0.25) is 10.0 Å². The molecule has 0 bridgehead atoms. The Bertz CT molecular complexity index is 801. The summed E-state index contributed by atoms with van der Waals surface area (Å²) < 4.78 is 5.01. The molecular formula is C17H19Cl2N3O5. The molecule has 1 aliphatic heterocycles. The van der Waals surface area contributed by atoms with Crippen molar-refractivity contribution < 1.29 is 23.9 Å². The summed E-state index contributed by atoms with van der Waals surface area (Å²) in [6.45, 7) is 4.09. The standard InChI is InChI=1S/C17H19Cl2N3O5/c1-4-17(3)15(25)22(16(26)21-17)8-13(23)27-9(2)14(24)20-12-6-5-10(18)7-11(12)19/h5-7,9H,4,8H2,1-3H3,(H,20,24)(H,21,26)/t9-,17-/m0/s1. The van der Waals surface area contributed by atoms with Crippen molar-refractivity contribution in [3.63, 3.8) is 0 Å². The van der Waals surface area contributed by atoms with E-state index >= 15 is 0 Å². The topological polar surface area (TPSA) is 105 Å². The van der Waals surface area contributed by atoms with Crippen LogP contribution in [0, 0.1) is 0 Å². The van der Waals surface area contributed by atoms with Gasteiger partial charge in [0.25, 0.3) is 11.8 Å². The van der Waals surface area contributed by atoms with Crippen molar-refractivity contribution in [1.82, 2.24) is 10.2 Å². The molecular weight excluding hydrogens is 397 g/mol. The zero-order valence-electron chi connectivity index (χ0n) is 15.0. The predicted octanol–water partition coefficient (Wildman–Crippen LogP) is 2.58. The van der Waals surface area contributed by atoms with Crippen molar-refractivity contribution in [2.24, 2.45) is 0 Å². The number of nitrogens with one attached hydrogen (secondary N) is 2. The molecule has 1 fully saturated rings. The molecule has 0 radical (unpaired) electrons. The van der Waals surface area contributed by atoms with E-state index in [-0.39, 0.29) is 5.02 Å². The Morgan fingerprint density at radius 2 is 2.00 bits per heavy atom. The lowest BCUT2D eigenvalue weighted by molar-refractivity contribution is -0.155. The molecule has 27 heavy (non-hydrogen) atoms. The van der Waals surface area contributed by atoms with Crippen LogP contribution in [0.25, 0.3) is 0 Å². The summed E-state index contributed by atoms with van der Waals surface area (Å²) in [5.41, 5.74) is -0.743. The lowest BCUT2D eigenvalue weighted by atomic mass is 9.99. The van der Waals surface area contributed by atoms with Crippen LogP contribution in [-0.4, -0.2) is 46.9 Å². The smallest absolute Gasteiger partial charge is 0.327 e. The fraction of sp³-hybridized carbons (Fsp3) is 0.412. The molecule has 1 heterocycles. The van der Waals surface area contributed by atoms with Gasteiger partial charge in [-0.15, -0.1) is 0 Å². The number of urea groups is 1. The number of amides is 4. The monoisotopic (exact) mass is 415 g/mol. The largest absolute Gasteiger partial charge is 0.451 e. The number of ether oxygens (including phenoxy) is 1. The Morgan fingerprint density at radius 1 is 1.33 bits per heavy atom. The zero-order valence-corrected chi connectivity index (χ0v) is 16.5. The SMILES string of the molecule is CC[C@]1(C)NC(=O)N(CC(=O)O[C@@H](C)C(=O)Nc2ccc(Cl)cc2Cl)C1=O. The number of rotatable bonds is 6. The van der Waals surface area contributed by atoms with Crippen LogP contribution in [0.1, 0.15) is 27.2 Å². The van der Waals surface area contributed by atoms with Crippen molar-refractivity contribution in [1.29, 1.82) is 0 Å². The quantitative estimate of drug-likeness (QED) is 0.548. The maximum atomic E-state index is 12.3. The lowest BCUT2D eigenvalue weighted by Gasteiger charge is -2.19. The van der Waals surface area contributed by atoms with Crippen LogP contribution in [0.5, 0.6) is 0 Å². The highest BCUT2D eigenvalue weighted by Gasteiger charge is 2.47. The predicted molar refractivity (Wildman–Crippen MR) is 99.6 cm³/mol. The van der Waals surface area contributed by atoms with Gasteiger partial charge in [0.05, 0.1) is 10.7 Å². The molecule has 0 aromatic heterocycles. The number of esters is 1. The summed E-state index contributed by atoms with van der Waals surface area (Å²) in [6.07, 6.45) is -0.786. The van der Waals surface area contributed by atoms with Gasteiger partial charge in [0.2, 0.25) is 0 Å². The van der Waals surface area contributed by atoms with Gasteiger partial charge in [-0.3, -0.25) is 19.3 Å². The molecule has 10 heteroatoms. The molecule has 146 valence electrons. The number of carbonyl (C=O) groups is 4. The first-order valence-electron chi connectivity index (χ1n) is 8.17. The maximum Gasteiger partial charge on any atom is 0.327 e. The first-order chi connectivity index (χ1) is 12.6. The second kappa shape index (κ2) is 8.14. The van der Waals surface area contributed by atoms with Gasteiger partial charge in [-0.1, -0.05) is 30.1 Å². The molecule has 2 N–H and O–H groups in total. The summed E-state index contributed by atoms with van der Waals surface area (Å²) in [5.74, 6) is -2.02. The van der Waals surface area contributed by atoms with E-state index in [1.54, 1.807) is 19.9 Å². The number of hydrogen-bond acceptors (Lipinski definition) is 5. The van der Waals surface area contributed by atoms with Crippen LogP contribution in [0.15, 0.2) is 18.2 Å². The molecule has 1 aromatic carbocycles. The zero-order chi connectivity index (χ0) is 20.4. The maximum absolute atomic E-state index is 12.3. The third-order valence-corrected chi connectivity index (χ3v) is 4.75. The van der Waals surface area contributed by atoms with Crippen molar-refractivity contribution in [3.05, 3.63) is 28.2 Å². The van der Waals surface area contributed by atoms with Gasteiger partial charge in [-0.2, -0.15) is 0 Å². The molecule has 8 nitrogen and oxygen atoms in total. The van der Waals surface area contributed by atoms with E-state index in [9.17, 15) is 19.2 Å². The second-order valence-corrected chi connectivity index (χ2v) is 7.10. The van der Waals surface area contributed by atoms with E-state index in [0.29, 0.717) is 17.1 Å². The van der Waals surface area contributed by atoms with Gasteiger partial charge in [0.1, 0.15) is 12.1 Å². The molecule has 0 unspecified atom stereocenters. The van der Waals surface area contributed by atoms with Crippen LogP contribution in [0.4, 0.5) is 10.5 Å². The van der Waals surface area contributed by atoms with E-state index in [4.69, 9.17) is 27.9 Å². The lowest BCUT2D eigenvalue weighted by Crippen LogP contribution is -2.44. The molecule has 0 saturated carbocycles. The normalized spacial score (nSPS) is 20.3. The number of nitrogens with zero attached hydrogens (tertiary/aromatic N) is 1. The third kappa shape index (κ3) is 4.70. The van der Waals surface area contributed by atoms with E-state index in [1.807, 2.05) is 0 Å².